The summed E-state index contributed by atoms with van der Waals surface area (Å²) in [4.78, 5) is 0. The van der Waals surface area contributed by atoms with Crippen LogP contribution in [0.4, 0.5) is 0 Å². The highest BCUT2D eigenvalue weighted by atomic mass is 16.5. The van der Waals surface area contributed by atoms with E-state index >= 15 is 0 Å². The molecular formula is C7H15NO. The summed E-state index contributed by atoms with van der Waals surface area (Å²) in [6.07, 6.45) is 2.97. The van der Waals surface area contributed by atoms with Crippen LogP contribution in [0.15, 0.2) is 12.0 Å². The Morgan fingerprint density at radius 2 is 2.33 bits per heavy atom. The highest BCUT2D eigenvalue weighted by molar-refractivity contribution is 4.85. The molecule has 1 N–H and O–H groups in total. The minimum Gasteiger partial charge on any atom is -0.479 e. The topological polar surface area (TPSA) is 21.3 Å². The first kappa shape index (κ1) is 8.34. The Hall–Kier alpha value is -0.660. The van der Waals surface area contributed by atoms with Gasteiger partial charge in [0.05, 0.1) is 6.61 Å². The first-order valence-electron chi connectivity index (χ1n) is 3.32. The van der Waals surface area contributed by atoms with E-state index in [2.05, 4.69) is 12.2 Å². The van der Waals surface area contributed by atoms with Crippen LogP contribution in [0.25, 0.3) is 0 Å². The van der Waals surface area contributed by atoms with E-state index in [0.29, 0.717) is 0 Å². The summed E-state index contributed by atoms with van der Waals surface area (Å²) in [7, 11) is 1.85. The van der Waals surface area contributed by atoms with Crippen LogP contribution < -0.4 is 5.32 Å². The van der Waals surface area contributed by atoms with Crippen LogP contribution in [0.5, 0.6) is 0 Å². The molecule has 0 radical (unpaired) electrons. The fourth-order valence-corrected chi connectivity index (χ4v) is 0.512. The zero-order valence-corrected chi connectivity index (χ0v) is 6.40. The minimum absolute atomic E-state index is 0.792. The Bertz CT molecular complexity index is 88.9. The lowest BCUT2D eigenvalue weighted by atomic mass is 10.5. The van der Waals surface area contributed by atoms with Gasteiger partial charge in [-0.1, -0.05) is 6.92 Å². The molecular weight excluding hydrogens is 114 g/mol. The van der Waals surface area contributed by atoms with Crippen LogP contribution >= 0.6 is 0 Å². The predicted molar refractivity (Wildman–Crippen MR) is 39.1 cm³/mol. The SMILES string of the molecule is C/C=C(\NC)OCCC. The standard InChI is InChI=1S/C7H15NO/c1-4-6-9-7(5-2)8-3/h5,8H,4,6H2,1-3H3/b7-5+. The van der Waals surface area contributed by atoms with Crippen molar-refractivity contribution >= 4 is 0 Å². The lowest BCUT2D eigenvalue weighted by Crippen LogP contribution is -2.09. The van der Waals surface area contributed by atoms with Gasteiger partial charge < -0.3 is 10.1 Å². The number of hydrogen-bond acceptors (Lipinski definition) is 2. The second-order valence-electron chi connectivity index (χ2n) is 1.75. The molecule has 0 saturated heterocycles. The van der Waals surface area contributed by atoms with Crippen molar-refractivity contribution in [1.82, 2.24) is 5.32 Å². The Kier molecular flexibility index (Phi) is 5.07. The van der Waals surface area contributed by atoms with E-state index in [0.717, 1.165) is 18.9 Å². The van der Waals surface area contributed by atoms with Gasteiger partial charge in [-0.05, 0) is 19.4 Å². The Morgan fingerprint density at radius 1 is 1.67 bits per heavy atom. The molecule has 0 heterocycles. The van der Waals surface area contributed by atoms with Gasteiger partial charge in [-0.25, -0.2) is 0 Å². The number of allylic oxidation sites excluding steroid dienone is 1. The van der Waals surface area contributed by atoms with Crippen molar-refractivity contribution in [2.45, 2.75) is 20.3 Å². The molecule has 0 rings (SSSR count). The van der Waals surface area contributed by atoms with Crippen molar-refractivity contribution in [3.63, 3.8) is 0 Å². The van der Waals surface area contributed by atoms with Crippen LogP contribution in [-0.2, 0) is 4.74 Å². The fraction of sp³-hybridized carbons (Fsp3) is 0.714. The van der Waals surface area contributed by atoms with E-state index in [1.165, 1.54) is 0 Å². The first-order valence-corrected chi connectivity index (χ1v) is 3.32. The maximum atomic E-state index is 5.24. The molecule has 2 heteroatoms. The van der Waals surface area contributed by atoms with Gasteiger partial charge >= 0.3 is 0 Å². The molecule has 2 nitrogen and oxygen atoms in total. The molecule has 0 spiro atoms. The molecule has 0 aromatic carbocycles. The summed E-state index contributed by atoms with van der Waals surface area (Å²) < 4.78 is 5.24. The third-order valence-electron chi connectivity index (χ3n) is 0.970. The van der Waals surface area contributed by atoms with Gasteiger partial charge in [0.15, 0.2) is 5.88 Å². The largest absolute Gasteiger partial charge is 0.479 e. The number of hydrogen-bond donors (Lipinski definition) is 1. The lowest BCUT2D eigenvalue weighted by molar-refractivity contribution is 0.195. The minimum atomic E-state index is 0.792. The van der Waals surface area contributed by atoms with Crippen LogP contribution in [0, 0.1) is 0 Å². The van der Waals surface area contributed by atoms with Crippen LogP contribution in [-0.4, -0.2) is 13.7 Å². The molecule has 0 amide bonds. The average molecular weight is 129 g/mol. The van der Waals surface area contributed by atoms with Crippen LogP contribution in [0.2, 0.25) is 0 Å². The van der Waals surface area contributed by atoms with E-state index in [-0.39, 0.29) is 0 Å². The maximum absolute atomic E-state index is 5.24. The van der Waals surface area contributed by atoms with E-state index in [4.69, 9.17) is 4.74 Å². The zero-order valence-electron chi connectivity index (χ0n) is 6.40. The third-order valence-corrected chi connectivity index (χ3v) is 0.970. The molecule has 9 heavy (non-hydrogen) atoms. The number of nitrogens with one attached hydrogen (secondary N) is 1. The third kappa shape index (κ3) is 3.88. The van der Waals surface area contributed by atoms with Crippen molar-refractivity contribution in [1.29, 1.82) is 0 Å². The molecule has 0 bridgehead atoms. The van der Waals surface area contributed by atoms with E-state index in [1.807, 2.05) is 20.0 Å². The van der Waals surface area contributed by atoms with Gasteiger partial charge in [0.1, 0.15) is 0 Å². The molecule has 0 unspecified atom stereocenters. The molecule has 0 saturated carbocycles. The summed E-state index contributed by atoms with van der Waals surface area (Å²) in [5.41, 5.74) is 0. The first-order chi connectivity index (χ1) is 4.35. The number of rotatable bonds is 4. The van der Waals surface area contributed by atoms with Crippen LogP contribution in [0.1, 0.15) is 20.3 Å². The lowest BCUT2D eigenvalue weighted by Gasteiger charge is -2.06. The molecule has 0 aliphatic carbocycles. The summed E-state index contributed by atoms with van der Waals surface area (Å²) >= 11 is 0. The predicted octanol–water partition coefficient (Wildman–Crippen LogP) is 1.49. The quantitative estimate of drug-likeness (QED) is 0.581. The number of ether oxygens (including phenoxy) is 1. The summed E-state index contributed by atoms with van der Waals surface area (Å²) in [6.45, 7) is 4.82. The molecule has 0 aliphatic rings. The second-order valence-corrected chi connectivity index (χ2v) is 1.75. The Morgan fingerprint density at radius 3 is 2.67 bits per heavy atom. The van der Waals surface area contributed by atoms with E-state index < -0.39 is 0 Å². The highest BCUT2D eigenvalue weighted by Gasteiger charge is 1.87. The van der Waals surface area contributed by atoms with Gasteiger partial charge in [0.2, 0.25) is 0 Å². The summed E-state index contributed by atoms with van der Waals surface area (Å²) in [5.74, 6) is 0.858. The second kappa shape index (κ2) is 5.48. The van der Waals surface area contributed by atoms with Crippen molar-refractivity contribution in [2.75, 3.05) is 13.7 Å². The smallest absolute Gasteiger partial charge is 0.181 e. The van der Waals surface area contributed by atoms with Crippen molar-refractivity contribution in [3.05, 3.63) is 12.0 Å². The van der Waals surface area contributed by atoms with Gasteiger partial charge in [-0.15, -0.1) is 0 Å². The molecule has 0 fully saturated rings. The summed E-state index contributed by atoms with van der Waals surface area (Å²) in [6, 6.07) is 0. The fourth-order valence-electron chi connectivity index (χ4n) is 0.512. The molecule has 0 aromatic heterocycles. The Labute approximate surface area is 56.9 Å². The van der Waals surface area contributed by atoms with E-state index in [1.54, 1.807) is 0 Å². The molecule has 0 aliphatic heterocycles. The van der Waals surface area contributed by atoms with Gasteiger partial charge in [0.25, 0.3) is 0 Å². The molecule has 0 atom stereocenters. The average Bonchev–Trinajstić information content (AvgIpc) is 1.91. The normalized spacial score (nSPS) is 11.2. The molecule has 0 aromatic rings. The zero-order chi connectivity index (χ0) is 7.11. The van der Waals surface area contributed by atoms with Crippen LogP contribution in [0.3, 0.4) is 0 Å². The van der Waals surface area contributed by atoms with Gasteiger partial charge in [0, 0.05) is 7.05 Å². The summed E-state index contributed by atoms with van der Waals surface area (Å²) in [5, 5.41) is 2.93. The highest BCUT2D eigenvalue weighted by Crippen LogP contribution is 1.90. The van der Waals surface area contributed by atoms with E-state index in [9.17, 15) is 0 Å². The Balaban J connectivity index is 3.33. The monoisotopic (exact) mass is 129 g/mol. The van der Waals surface area contributed by atoms with Crippen molar-refractivity contribution in [2.24, 2.45) is 0 Å². The van der Waals surface area contributed by atoms with Crippen molar-refractivity contribution in [3.8, 4) is 0 Å². The van der Waals surface area contributed by atoms with Gasteiger partial charge in [-0.2, -0.15) is 0 Å². The van der Waals surface area contributed by atoms with Gasteiger partial charge in [-0.3, -0.25) is 0 Å². The maximum Gasteiger partial charge on any atom is 0.181 e. The van der Waals surface area contributed by atoms with Crippen molar-refractivity contribution < 1.29 is 4.74 Å². The molecule has 54 valence electrons.